The number of para-hydroxylation sites is 1. The van der Waals surface area contributed by atoms with Gasteiger partial charge in [-0.2, -0.15) is 0 Å². The van der Waals surface area contributed by atoms with Crippen LogP contribution in [0.4, 0.5) is 16.2 Å². The third-order valence-electron chi connectivity index (χ3n) is 6.69. The molecule has 4 rings (SSSR count). The Balaban J connectivity index is 1.60. The molecule has 2 aliphatic heterocycles. The summed E-state index contributed by atoms with van der Waals surface area (Å²) in [6.07, 6.45) is 3.19. The number of hydrogen-bond acceptors (Lipinski definition) is 6. The Labute approximate surface area is 206 Å². The smallest absolute Gasteiger partial charge is 0.329 e. The number of fused-ring (bicyclic) bond motifs is 1. The quantitative estimate of drug-likeness (QED) is 0.500. The third-order valence-corrected chi connectivity index (χ3v) is 6.69. The molecule has 0 bridgehead atoms. The van der Waals surface area contributed by atoms with E-state index < -0.39 is 17.7 Å². The highest BCUT2D eigenvalue weighted by Gasteiger charge is 2.52. The molecule has 0 saturated carbocycles. The maximum absolute atomic E-state index is 13.6. The predicted octanol–water partition coefficient (Wildman–Crippen LogP) is 3.14. The molecule has 9 nitrogen and oxygen atoms in total. The Bertz CT molecular complexity index is 1080. The first-order valence-electron chi connectivity index (χ1n) is 12.0. The molecule has 0 spiro atoms. The molecule has 3 N–H and O–H groups in total. The zero-order valence-corrected chi connectivity index (χ0v) is 20.5. The van der Waals surface area contributed by atoms with Gasteiger partial charge in [-0.05, 0) is 56.5 Å². The van der Waals surface area contributed by atoms with E-state index in [1.54, 1.807) is 42.5 Å². The van der Waals surface area contributed by atoms with Crippen LogP contribution < -0.4 is 25.0 Å². The maximum Gasteiger partial charge on any atom is 0.329 e. The fourth-order valence-electron chi connectivity index (χ4n) is 4.93. The van der Waals surface area contributed by atoms with E-state index in [9.17, 15) is 14.7 Å². The molecular weight excluding hydrogens is 448 g/mol. The molecule has 2 atom stereocenters. The minimum Gasteiger partial charge on any atom is -0.497 e. The van der Waals surface area contributed by atoms with E-state index in [4.69, 9.17) is 9.47 Å². The number of hydrogen-bond donors (Lipinski definition) is 3. The van der Waals surface area contributed by atoms with Gasteiger partial charge in [0.2, 0.25) is 0 Å². The molecule has 188 valence electrons. The van der Waals surface area contributed by atoms with Crippen molar-refractivity contribution in [3.05, 3.63) is 48.0 Å². The van der Waals surface area contributed by atoms with Gasteiger partial charge in [-0.3, -0.25) is 4.79 Å². The average molecular weight is 483 g/mol. The van der Waals surface area contributed by atoms with Gasteiger partial charge in [0.05, 0.1) is 25.6 Å². The number of carbonyl (C=O) groups excluding carboxylic acids is 2. The lowest BCUT2D eigenvalue weighted by Crippen LogP contribution is -2.62. The second-order valence-electron chi connectivity index (χ2n) is 9.18. The van der Waals surface area contributed by atoms with Crippen molar-refractivity contribution in [3.63, 3.8) is 0 Å². The van der Waals surface area contributed by atoms with Crippen molar-refractivity contribution >= 4 is 23.3 Å². The van der Waals surface area contributed by atoms with Gasteiger partial charge in [-0.15, -0.1) is 0 Å². The molecule has 0 aromatic heterocycles. The van der Waals surface area contributed by atoms with Crippen LogP contribution in [0.1, 0.15) is 31.7 Å². The average Bonchev–Trinajstić information content (AvgIpc) is 2.86. The summed E-state index contributed by atoms with van der Waals surface area (Å²) in [7, 11) is 2.97. The molecule has 0 aliphatic carbocycles. The van der Waals surface area contributed by atoms with Crippen LogP contribution in [0.5, 0.6) is 11.5 Å². The van der Waals surface area contributed by atoms with Gasteiger partial charge in [0.15, 0.2) is 0 Å². The van der Waals surface area contributed by atoms with Crippen LogP contribution >= 0.6 is 0 Å². The lowest BCUT2D eigenvalue weighted by molar-refractivity contribution is -0.140. The predicted molar refractivity (Wildman–Crippen MR) is 134 cm³/mol. The number of rotatable bonds is 8. The van der Waals surface area contributed by atoms with Crippen LogP contribution in [0.15, 0.2) is 42.5 Å². The molecule has 2 heterocycles. The number of anilines is 2. The minimum atomic E-state index is -2.28. The van der Waals surface area contributed by atoms with Gasteiger partial charge >= 0.3 is 6.03 Å². The van der Waals surface area contributed by atoms with E-state index in [2.05, 4.69) is 22.5 Å². The Morgan fingerprint density at radius 1 is 1.23 bits per heavy atom. The van der Waals surface area contributed by atoms with Gasteiger partial charge in [-0.25, -0.2) is 9.69 Å². The Morgan fingerprint density at radius 2 is 2.03 bits per heavy atom. The number of ether oxygens (including phenoxy) is 2. The van der Waals surface area contributed by atoms with E-state index in [-0.39, 0.29) is 17.0 Å². The van der Waals surface area contributed by atoms with E-state index in [0.29, 0.717) is 23.9 Å². The van der Waals surface area contributed by atoms with Crippen LogP contribution in [0.3, 0.4) is 0 Å². The zero-order valence-electron chi connectivity index (χ0n) is 20.5. The Hall–Kier alpha value is -3.30. The topological polar surface area (TPSA) is 103 Å². The van der Waals surface area contributed by atoms with E-state index in [1.165, 1.54) is 27.1 Å². The molecule has 2 aliphatic rings. The van der Waals surface area contributed by atoms with Crippen LogP contribution in [0.2, 0.25) is 0 Å². The summed E-state index contributed by atoms with van der Waals surface area (Å²) in [6.45, 7) is 5.65. The second kappa shape index (κ2) is 10.5. The number of nitrogens with zero attached hydrogens (tertiary/aromatic N) is 2. The first-order valence-corrected chi connectivity index (χ1v) is 12.0. The summed E-state index contributed by atoms with van der Waals surface area (Å²) in [5, 5.41) is 17.6. The highest BCUT2D eigenvalue weighted by molar-refractivity contribution is 6.12. The normalized spacial score (nSPS) is 22.2. The molecule has 3 amide bonds. The van der Waals surface area contributed by atoms with Gasteiger partial charge in [-0.1, -0.05) is 25.1 Å². The van der Waals surface area contributed by atoms with E-state index in [0.717, 1.165) is 31.0 Å². The van der Waals surface area contributed by atoms with Crippen molar-refractivity contribution in [2.24, 2.45) is 5.92 Å². The number of piperidine rings is 1. The fraction of sp³-hybridized carbons (Fsp3) is 0.462. The number of carbonyl (C=O) groups is 2. The second-order valence-corrected chi connectivity index (χ2v) is 9.18. The van der Waals surface area contributed by atoms with Crippen molar-refractivity contribution in [2.45, 2.75) is 31.9 Å². The first-order chi connectivity index (χ1) is 16.9. The van der Waals surface area contributed by atoms with Crippen LogP contribution in [0, 0.1) is 5.92 Å². The lowest BCUT2D eigenvalue weighted by Gasteiger charge is -2.43. The Morgan fingerprint density at radius 3 is 2.77 bits per heavy atom. The van der Waals surface area contributed by atoms with E-state index >= 15 is 0 Å². The van der Waals surface area contributed by atoms with Crippen molar-refractivity contribution < 1.29 is 24.2 Å². The molecule has 9 heteroatoms. The summed E-state index contributed by atoms with van der Waals surface area (Å²) < 4.78 is 10.7. The highest BCUT2D eigenvalue weighted by atomic mass is 16.5. The molecule has 0 unspecified atom stereocenters. The van der Waals surface area contributed by atoms with Crippen LogP contribution in [-0.4, -0.2) is 62.3 Å². The number of urea groups is 1. The highest BCUT2D eigenvalue weighted by Crippen LogP contribution is 2.43. The SMILES string of the molecule is COc1ccc(N2C(=O)Nc3ccccc3[C@@]2(O)C(=O)NCCCN2CCC[C@H](C)C2)c(OC)c1. The Kier molecular flexibility index (Phi) is 7.47. The van der Waals surface area contributed by atoms with Gasteiger partial charge in [0.25, 0.3) is 11.6 Å². The van der Waals surface area contributed by atoms with E-state index in [1.807, 2.05) is 0 Å². The molecule has 2 aromatic rings. The summed E-state index contributed by atoms with van der Waals surface area (Å²) in [5.41, 5.74) is -1.39. The number of aliphatic hydroxyl groups is 1. The minimum absolute atomic E-state index is 0.236. The number of nitrogens with one attached hydrogen (secondary N) is 2. The summed E-state index contributed by atoms with van der Waals surface area (Å²) >= 11 is 0. The number of methoxy groups -OCH3 is 2. The monoisotopic (exact) mass is 482 g/mol. The molecule has 2 aromatic carbocycles. The van der Waals surface area contributed by atoms with Gasteiger partial charge in [0.1, 0.15) is 11.5 Å². The fourth-order valence-corrected chi connectivity index (χ4v) is 4.93. The molecule has 35 heavy (non-hydrogen) atoms. The molecule has 1 saturated heterocycles. The van der Waals surface area contributed by atoms with Crippen LogP contribution in [0.25, 0.3) is 0 Å². The van der Waals surface area contributed by atoms with Crippen molar-refractivity contribution in [3.8, 4) is 11.5 Å². The number of likely N-dealkylation sites (tertiary alicyclic amines) is 1. The standard InChI is InChI=1S/C26H34N4O5/c1-18-8-6-14-29(17-18)15-7-13-27-24(31)26(33)20-9-4-5-10-21(20)28-25(32)30(26)22-12-11-19(34-2)16-23(22)35-3/h4-5,9-12,16,18,33H,6-8,13-15,17H2,1-3H3,(H,27,31)(H,28,32)/t18-,26+/m0/s1. The van der Waals surface area contributed by atoms with Gasteiger partial charge in [0, 0.05) is 24.7 Å². The van der Waals surface area contributed by atoms with Crippen molar-refractivity contribution in [2.75, 3.05) is 50.6 Å². The summed E-state index contributed by atoms with van der Waals surface area (Å²) in [6, 6.07) is 10.9. The molecular formula is C26H34N4O5. The largest absolute Gasteiger partial charge is 0.497 e. The maximum atomic E-state index is 13.6. The molecule has 0 radical (unpaired) electrons. The third kappa shape index (κ3) is 4.92. The zero-order chi connectivity index (χ0) is 25.0. The van der Waals surface area contributed by atoms with Gasteiger partial charge < -0.3 is 30.1 Å². The number of benzene rings is 2. The van der Waals surface area contributed by atoms with Crippen molar-refractivity contribution in [1.29, 1.82) is 0 Å². The lowest BCUT2D eigenvalue weighted by atomic mass is 9.94. The first kappa shape index (κ1) is 24.8. The van der Waals surface area contributed by atoms with Crippen LogP contribution in [-0.2, 0) is 10.5 Å². The molecule has 1 fully saturated rings. The summed E-state index contributed by atoms with van der Waals surface area (Å²) in [4.78, 5) is 30.3. The van der Waals surface area contributed by atoms with Crippen molar-refractivity contribution in [1.82, 2.24) is 10.2 Å². The summed E-state index contributed by atoms with van der Waals surface area (Å²) in [5.74, 6) is 0.807. The number of amides is 3.